The van der Waals surface area contributed by atoms with Gasteiger partial charge in [-0.05, 0) is 62.9 Å². The molecular weight excluding hydrogens is 386 g/mol. The zero-order chi connectivity index (χ0) is 22.9. The van der Waals surface area contributed by atoms with Gasteiger partial charge in [-0.25, -0.2) is 0 Å². The van der Waals surface area contributed by atoms with E-state index in [1.807, 2.05) is 43.3 Å². The van der Waals surface area contributed by atoms with E-state index in [0.717, 1.165) is 22.7 Å². The Morgan fingerprint density at radius 1 is 1.20 bits per heavy atom. The van der Waals surface area contributed by atoms with Crippen molar-refractivity contribution in [1.29, 1.82) is 0 Å². The van der Waals surface area contributed by atoms with E-state index in [1.165, 1.54) is 16.7 Å². The summed E-state index contributed by atoms with van der Waals surface area (Å²) in [5.41, 5.74) is 5.53. The summed E-state index contributed by atoms with van der Waals surface area (Å²) in [4.78, 5) is 0. The monoisotopic (exact) mass is 419 g/mol. The molecule has 0 bridgehead atoms. The first-order valence-corrected chi connectivity index (χ1v) is 10.2. The molecule has 2 aromatic rings. The van der Waals surface area contributed by atoms with Crippen LogP contribution in [-0.4, -0.2) is 0 Å². The van der Waals surface area contributed by atoms with E-state index >= 15 is 0 Å². The minimum atomic E-state index is 0.179. The number of benzene rings is 2. The lowest BCUT2D eigenvalue weighted by atomic mass is 10.0. The van der Waals surface area contributed by atoms with E-state index in [4.69, 9.17) is 11.6 Å². The summed E-state index contributed by atoms with van der Waals surface area (Å²) in [5.74, 6) is 2.25. The maximum absolute atomic E-state index is 6.16. The smallest absolute Gasteiger partial charge is 0.0485 e. The Morgan fingerprint density at radius 2 is 1.80 bits per heavy atom. The van der Waals surface area contributed by atoms with Gasteiger partial charge in [-0.15, -0.1) is 18.9 Å². The molecule has 0 aliphatic rings. The van der Waals surface area contributed by atoms with Crippen molar-refractivity contribution >= 4 is 17.7 Å². The van der Waals surface area contributed by atoms with Crippen LogP contribution in [-0.2, 0) is 6.42 Å². The molecule has 158 valence electrons. The van der Waals surface area contributed by atoms with E-state index < -0.39 is 0 Å². The molecule has 2 heteroatoms. The van der Waals surface area contributed by atoms with Crippen LogP contribution >= 0.6 is 11.6 Å². The molecule has 1 N–H and O–H groups in total. The van der Waals surface area contributed by atoms with Crippen molar-refractivity contribution in [3.63, 3.8) is 0 Å². The molecule has 0 spiro atoms. The zero-order valence-electron chi connectivity index (χ0n) is 18.7. The Kier molecular flexibility index (Phi) is 14.3. The van der Waals surface area contributed by atoms with Crippen LogP contribution in [0.15, 0.2) is 91.7 Å². The van der Waals surface area contributed by atoms with Gasteiger partial charge in [0.05, 0.1) is 0 Å². The Bertz CT molecular complexity index is 884. The topological polar surface area (TPSA) is 12.0 Å². The van der Waals surface area contributed by atoms with Crippen LogP contribution in [0.4, 0.5) is 0 Å². The van der Waals surface area contributed by atoms with Gasteiger partial charge < -0.3 is 5.32 Å². The van der Waals surface area contributed by atoms with Crippen LogP contribution < -0.4 is 5.32 Å². The third kappa shape index (κ3) is 11.8. The fourth-order valence-corrected chi connectivity index (χ4v) is 2.73. The number of hydrogen-bond donors (Lipinski definition) is 1. The highest BCUT2D eigenvalue weighted by atomic mass is 35.5. The number of rotatable bonds is 7. The van der Waals surface area contributed by atoms with Gasteiger partial charge >= 0.3 is 0 Å². The molecule has 1 atom stereocenters. The Balaban J connectivity index is 0.00000125. The number of allylic oxidation sites excluding steroid dienone is 3. The van der Waals surface area contributed by atoms with Crippen molar-refractivity contribution < 1.29 is 0 Å². The van der Waals surface area contributed by atoms with E-state index in [1.54, 1.807) is 13.0 Å². The lowest BCUT2D eigenvalue weighted by Gasteiger charge is -2.17. The van der Waals surface area contributed by atoms with Crippen molar-refractivity contribution in [2.24, 2.45) is 0 Å². The van der Waals surface area contributed by atoms with E-state index in [2.05, 4.69) is 75.5 Å². The quantitative estimate of drug-likeness (QED) is 0.271. The van der Waals surface area contributed by atoms with Gasteiger partial charge in [0.1, 0.15) is 0 Å². The second-order valence-corrected chi connectivity index (χ2v) is 7.23. The fourth-order valence-electron chi connectivity index (χ4n) is 2.53. The minimum Gasteiger partial charge on any atom is -0.379 e. The third-order valence-corrected chi connectivity index (χ3v) is 4.07. The van der Waals surface area contributed by atoms with Crippen LogP contribution in [0.25, 0.3) is 6.08 Å². The van der Waals surface area contributed by atoms with Crippen molar-refractivity contribution in [2.75, 3.05) is 0 Å². The molecule has 0 amide bonds. The first-order chi connectivity index (χ1) is 14.3. The molecular formula is C28H34ClN. The summed E-state index contributed by atoms with van der Waals surface area (Å²) in [7, 11) is 0. The molecule has 0 aromatic heterocycles. The molecule has 0 aliphatic heterocycles. The van der Waals surface area contributed by atoms with Crippen molar-refractivity contribution in [3.05, 3.63) is 113 Å². The molecule has 0 radical (unpaired) electrons. The average molecular weight is 420 g/mol. The van der Waals surface area contributed by atoms with E-state index in [0.29, 0.717) is 0 Å². The number of halogens is 1. The minimum absolute atomic E-state index is 0.179. The highest BCUT2D eigenvalue weighted by Gasteiger charge is 2.06. The highest BCUT2D eigenvalue weighted by molar-refractivity contribution is 6.32. The predicted octanol–water partition coefficient (Wildman–Crippen LogP) is 8.17. The van der Waals surface area contributed by atoms with Gasteiger partial charge in [0.25, 0.3) is 0 Å². The maximum Gasteiger partial charge on any atom is 0.0485 e. The van der Waals surface area contributed by atoms with Crippen LogP contribution in [0.1, 0.15) is 50.4 Å². The zero-order valence-corrected chi connectivity index (χ0v) is 19.5. The summed E-state index contributed by atoms with van der Waals surface area (Å²) < 4.78 is 0. The number of hydrogen-bond acceptors (Lipinski definition) is 1. The summed E-state index contributed by atoms with van der Waals surface area (Å²) >= 11 is 6.16. The molecule has 0 heterocycles. The molecule has 2 aromatic carbocycles. The second-order valence-electron chi connectivity index (χ2n) is 6.82. The SMILES string of the molecule is C#CC.C=C(C)Cc1cccc(C(C)NC(=C)/C=C/c2ccccc2Cl)c1.C=CC. The number of nitrogens with one attached hydrogen (secondary N) is 1. The molecule has 1 unspecified atom stereocenters. The Hall–Kier alpha value is -2.95. The molecule has 1 nitrogen and oxygen atoms in total. The third-order valence-electron chi connectivity index (χ3n) is 3.73. The standard InChI is InChI=1S/C22H24ClN.C3H6.C3H4/c1-16(2)14-19-8-7-10-21(15-19)18(4)24-17(3)12-13-20-9-5-6-11-22(20)23;2*1-3-2/h5-13,15,18,24H,1,3,14H2,2,4H3;3H,1H2,2H3;1H,2H3/b13-12+;;. The van der Waals surface area contributed by atoms with Crippen molar-refractivity contribution in [2.45, 2.75) is 40.2 Å². The van der Waals surface area contributed by atoms with E-state index in [-0.39, 0.29) is 6.04 Å². The average Bonchev–Trinajstić information content (AvgIpc) is 2.68. The predicted molar refractivity (Wildman–Crippen MR) is 137 cm³/mol. The molecule has 2 rings (SSSR count). The van der Waals surface area contributed by atoms with Gasteiger partial charge in [-0.2, -0.15) is 0 Å². The normalized spacial score (nSPS) is 10.4. The van der Waals surface area contributed by atoms with Crippen LogP contribution in [0.3, 0.4) is 0 Å². The first-order valence-electron chi connectivity index (χ1n) is 9.84. The Labute approximate surface area is 188 Å². The molecule has 0 saturated heterocycles. The van der Waals surface area contributed by atoms with Crippen molar-refractivity contribution in [1.82, 2.24) is 5.32 Å². The Morgan fingerprint density at radius 3 is 2.37 bits per heavy atom. The first kappa shape index (κ1) is 27.0. The van der Waals surface area contributed by atoms with E-state index in [9.17, 15) is 0 Å². The maximum atomic E-state index is 6.16. The lowest BCUT2D eigenvalue weighted by Crippen LogP contribution is -2.16. The van der Waals surface area contributed by atoms with Gasteiger partial charge in [0.15, 0.2) is 0 Å². The fraction of sp³-hybridized carbons (Fsp3) is 0.214. The lowest BCUT2D eigenvalue weighted by molar-refractivity contribution is 0.666. The molecule has 0 saturated carbocycles. The largest absolute Gasteiger partial charge is 0.379 e. The molecule has 30 heavy (non-hydrogen) atoms. The molecule has 0 aliphatic carbocycles. The van der Waals surface area contributed by atoms with Crippen LogP contribution in [0.2, 0.25) is 5.02 Å². The van der Waals surface area contributed by atoms with Gasteiger partial charge in [-0.3, -0.25) is 0 Å². The number of terminal acetylenes is 1. The summed E-state index contributed by atoms with van der Waals surface area (Å²) in [6.07, 6.45) is 11.2. The van der Waals surface area contributed by atoms with Crippen LogP contribution in [0, 0.1) is 12.3 Å². The molecule has 0 fully saturated rings. The van der Waals surface area contributed by atoms with Crippen LogP contribution in [0.5, 0.6) is 0 Å². The van der Waals surface area contributed by atoms with Gasteiger partial charge in [0.2, 0.25) is 0 Å². The summed E-state index contributed by atoms with van der Waals surface area (Å²) in [5, 5.41) is 4.16. The van der Waals surface area contributed by atoms with Crippen molar-refractivity contribution in [3.8, 4) is 12.3 Å². The second kappa shape index (κ2) is 15.9. The summed E-state index contributed by atoms with van der Waals surface area (Å²) in [6, 6.07) is 16.5. The summed E-state index contributed by atoms with van der Waals surface area (Å²) in [6.45, 7) is 19.2. The van der Waals surface area contributed by atoms with Gasteiger partial charge in [-0.1, -0.05) is 84.9 Å². The van der Waals surface area contributed by atoms with Gasteiger partial charge in [0, 0.05) is 16.8 Å². The highest BCUT2D eigenvalue weighted by Crippen LogP contribution is 2.19.